The number of aliphatic hydroxyl groups is 1. The summed E-state index contributed by atoms with van der Waals surface area (Å²) in [6.45, 7) is 2.82. The van der Waals surface area contributed by atoms with E-state index in [1.165, 1.54) is 0 Å². The van der Waals surface area contributed by atoms with Gasteiger partial charge in [-0.3, -0.25) is 9.59 Å². The van der Waals surface area contributed by atoms with Crippen LogP contribution in [-0.4, -0.2) is 56.9 Å². The Balaban J connectivity index is 1.54. The number of nitrogens with one attached hydrogen (secondary N) is 3. The van der Waals surface area contributed by atoms with Gasteiger partial charge in [0.2, 0.25) is 11.8 Å². The molecule has 0 saturated carbocycles. The molecule has 4 N–H and O–H groups in total. The summed E-state index contributed by atoms with van der Waals surface area (Å²) in [4.78, 5) is 23.7. The van der Waals surface area contributed by atoms with Crippen molar-refractivity contribution >= 4 is 23.2 Å². The highest BCUT2D eigenvalue weighted by atomic mass is 16.5. The molecule has 0 saturated heterocycles. The van der Waals surface area contributed by atoms with Crippen LogP contribution in [0.3, 0.4) is 0 Å². The molecule has 0 aromatic heterocycles. The van der Waals surface area contributed by atoms with Gasteiger partial charge in [-0.2, -0.15) is 0 Å². The molecule has 0 aliphatic carbocycles. The van der Waals surface area contributed by atoms with Crippen LogP contribution in [0.15, 0.2) is 30.3 Å². The summed E-state index contributed by atoms with van der Waals surface area (Å²) in [5, 5.41) is 19.3. The Labute approximate surface area is 199 Å². The SMILES string of the molecule is CCC(=O)Nc1ccc2c(c1OCC(O)CNCCc1ccc(OC)c(OC)c1)CCC(=O)N2. The van der Waals surface area contributed by atoms with Gasteiger partial charge in [0.05, 0.1) is 19.9 Å². The lowest BCUT2D eigenvalue weighted by molar-refractivity contribution is -0.117. The standard InChI is InChI=1S/C25H33N3O6/c1-4-23(30)28-20-8-7-19-18(6-10-24(31)27-19)25(20)34-15-17(29)14-26-12-11-16-5-9-21(32-2)22(13-16)33-3/h5,7-9,13,17,26,29H,4,6,10-12,14-15H2,1-3H3,(H,27,31)(H,28,30). The zero-order valence-corrected chi connectivity index (χ0v) is 19.9. The number of benzene rings is 2. The fourth-order valence-electron chi connectivity index (χ4n) is 3.72. The molecule has 2 amide bonds. The number of carbonyl (C=O) groups excluding carboxylic acids is 2. The monoisotopic (exact) mass is 471 g/mol. The Morgan fingerprint density at radius 1 is 1.15 bits per heavy atom. The van der Waals surface area contributed by atoms with E-state index < -0.39 is 6.10 Å². The molecule has 34 heavy (non-hydrogen) atoms. The van der Waals surface area contributed by atoms with Crippen LogP contribution in [0.1, 0.15) is 30.9 Å². The molecule has 1 heterocycles. The van der Waals surface area contributed by atoms with Gasteiger partial charge in [0.1, 0.15) is 18.5 Å². The molecule has 1 atom stereocenters. The Morgan fingerprint density at radius 3 is 2.68 bits per heavy atom. The second-order valence-corrected chi connectivity index (χ2v) is 8.03. The second kappa shape index (κ2) is 12.2. The van der Waals surface area contributed by atoms with Gasteiger partial charge in [0.15, 0.2) is 11.5 Å². The minimum Gasteiger partial charge on any atom is -0.493 e. The number of ether oxygens (including phenoxy) is 3. The van der Waals surface area contributed by atoms with E-state index >= 15 is 0 Å². The lowest BCUT2D eigenvalue weighted by Gasteiger charge is -2.24. The highest BCUT2D eigenvalue weighted by Crippen LogP contribution is 2.38. The van der Waals surface area contributed by atoms with Crippen molar-refractivity contribution in [3.63, 3.8) is 0 Å². The van der Waals surface area contributed by atoms with E-state index in [1.54, 1.807) is 33.3 Å². The van der Waals surface area contributed by atoms with Gasteiger partial charge in [-0.15, -0.1) is 0 Å². The van der Waals surface area contributed by atoms with Crippen LogP contribution in [-0.2, 0) is 22.4 Å². The predicted octanol–water partition coefficient (Wildman–Crippen LogP) is 2.51. The molecule has 0 radical (unpaired) electrons. The molecular formula is C25H33N3O6. The van der Waals surface area contributed by atoms with Gasteiger partial charge in [-0.1, -0.05) is 13.0 Å². The summed E-state index contributed by atoms with van der Waals surface area (Å²) < 4.78 is 16.5. The molecule has 0 bridgehead atoms. The summed E-state index contributed by atoms with van der Waals surface area (Å²) in [6.07, 6.45) is 1.18. The van der Waals surface area contributed by atoms with Crippen molar-refractivity contribution in [1.29, 1.82) is 0 Å². The average Bonchev–Trinajstić information content (AvgIpc) is 2.85. The van der Waals surface area contributed by atoms with Crippen LogP contribution in [0.5, 0.6) is 17.2 Å². The molecule has 1 unspecified atom stereocenters. The number of carbonyl (C=O) groups is 2. The highest BCUT2D eigenvalue weighted by molar-refractivity contribution is 5.97. The third kappa shape index (κ3) is 6.61. The molecule has 0 fully saturated rings. The first-order chi connectivity index (χ1) is 16.4. The molecule has 9 nitrogen and oxygen atoms in total. The summed E-state index contributed by atoms with van der Waals surface area (Å²) >= 11 is 0. The van der Waals surface area contributed by atoms with E-state index in [-0.39, 0.29) is 18.4 Å². The molecular weight excluding hydrogens is 438 g/mol. The van der Waals surface area contributed by atoms with Crippen LogP contribution < -0.4 is 30.2 Å². The number of hydrogen-bond donors (Lipinski definition) is 4. The van der Waals surface area contributed by atoms with Crippen molar-refractivity contribution in [3.8, 4) is 17.2 Å². The van der Waals surface area contributed by atoms with Crippen molar-refractivity contribution in [1.82, 2.24) is 5.32 Å². The van der Waals surface area contributed by atoms with Gasteiger partial charge >= 0.3 is 0 Å². The first-order valence-corrected chi connectivity index (χ1v) is 11.4. The minimum absolute atomic E-state index is 0.0444. The molecule has 184 valence electrons. The van der Waals surface area contributed by atoms with Crippen LogP contribution in [0, 0.1) is 0 Å². The number of rotatable bonds is 12. The molecule has 9 heteroatoms. The number of methoxy groups -OCH3 is 2. The smallest absolute Gasteiger partial charge is 0.224 e. The lowest BCUT2D eigenvalue weighted by Crippen LogP contribution is -2.33. The molecule has 0 spiro atoms. The maximum absolute atomic E-state index is 11.9. The van der Waals surface area contributed by atoms with Crippen LogP contribution >= 0.6 is 0 Å². The Bertz CT molecular complexity index is 1010. The number of aliphatic hydroxyl groups excluding tert-OH is 1. The van der Waals surface area contributed by atoms with E-state index in [4.69, 9.17) is 14.2 Å². The fraction of sp³-hybridized carbons (Fsp3) is 0.440. The van der Waals surface area contributed by atoms with Crippen LogP contribution in [0.4, 0.5) is 11.4 Å². The summed E-state index contributed by atoms with van der Waals surface area (Å²) in [6, 6.07) is 9.25. The van der Waals surface area contributed by atoms with Crippen molar-refractivity contribution in [2.45, 2.75) is 38.7 Å². The zero-order valence-electron chi connectivity index (χ0n) is 19.9. The number of hydrogen-bond acceptors (Lipinski definition) is 7. The number of anilines is 2. The van der Waals surface area contributed by atoms with E-state index in [2.05, 4.69) is 16.0 Å². The number of fused-ring (bicyclic) bond motifs is 1. The average molecular weight is 472 g/mol. The third-order valence-electron chi connectivity index (χ3n) is 5.57. The largest absolute Gasteiger partial charge is 0.493 e. The van der Waals surface area contributed by atoms with Crippen LogP contribution in [0.2, 0.25) is 0 Å². The summed E-state index contributed by atoms with van der Waals surface area (Å²) in [5.74, 6) is 1.67. The van der Waals surface area contributed by atoms with E-state index in [9.17, 15) is 14.7 Å². The van der Waals surface area contributed by atoms with Gasteiger partial charge in [0, 0.05) is 30.6 Å². The molecule has 1 aliphatic heterocycles. The van der Waals surface area contributed by atoms with E-state index in [1.807, 2.05) is 18.2 Å². The molecule has 1 aliphatic rings. The Kier molecular flexibility index (Phi) is 9.12. The van der Waals surface area contributed by atoms with Crippen molar-refractivity contribution in [2.24, 2.45) is 0 Å². The predicted molar refractivity (Wildman–Crippen MR) is 130 cm³/mol. The van der Waals surface area contributed by atoms with E-state index in [0.717, 1.165) is 17.5 Å². The van der Waals surface area contributed by atoms with Gasteiger partial charge in [0.25, 0.3) is 0 Å². The maximum atomic E-state index is 11.9. The topological polar surface area (TPSA) is 118 Å². The van der Waals surface area contributed by atoms with Crippen molar-refractivity contribution < 1.29 is 28.9 Å². The number of amides is 2. The second-order valence-electron chi connectivity index (χ2n) is 8.03. The minimum atomic E-state index is -0.755. The van der Waals surface area contributed by atoms with Gasteiger partial charge in [-0.25, -0.2) is 0 Å². The maximum Gasteiger partial charge on any atom is 0.224 e. The highest BCUT2D eigenvalue weighted by Gasteiger charge is 2.22. The molecule has 2 aromatic carbocycles. The molecule has 2 aromatic rings. The van der Waals surface area contributed by atoms with Gasteiger partial charge in [-0.05, 0) is 49.2 Å². The first kappa shape index (κ1) is 25.3. The quantitative estimate of drug-likeness (QED) is 0.351. The first-order valence-electron chi connectivity index (χ1n) is 11.4. The lowest BCUT2D eigenvalue weighted by atomic mass is 10.0. The Hall–Kier alpha value is -3.30. The summed E-state index contributed by atoms with van der Waals surface area (Å²) in [5.41, 5.74) is 3.12. The van der Waals surface area contributed by atoms with Crippen molar-refractivity contribution in [3.05, 3.63) is 41.5 Å². The zero-order chi connectivity index (χ0) is 24.5. The normalized spacial score (nSPS) is 13.5. The fourth-order valence-corrected chi connectivity index (χ4v) is 3.72. The summed E-state index contributed by atoms with van der Waals surface area (Å²) in [7, 11) is 3.21. The van der Waals surface area contributed by atoms with E-state index in [0.29, 0.717) is 61.0 Å². The van der Waals surface area contributed by atoms with Crippen LogP contribution in [0.25, 0.3) is 0 Å². The molecule has 3 rings (SSSR count). The van der Waals surface area contributed by atoms with Crippen molar-refractivity contribution in [2.75, 3.05) is 44.5 Å². The Morgan fingerprint density at radius 2 is 1.94 bits per heavy atom. The van der Waals surface area contributed by atoms with Gasteiger partial charge < -0.3 is 35.3 Å². The third-order valence-corrected chi connectivity index (χ3v) is 5.57.